The molecule has 3 rings (SSSR count). The first-order valence-electron chi connectivity index (χ1n) is 5.99. The lowest BCUT2D eigenvalue weighted by atomic mass is 10.1. The zero-order chi connectivity index (χ0) is 11.8. The molecule has 2 aliphatic rings. The summed E-state index contributed by atoms with van der Waals surface area (Å²) in [4.78, 5) is 0.425. The van der Waals surface area contributed by atoms with Crippen LogP contribution in [0.15, 0.2) is 16.6 Å². The molecule has 0 spiro atoms. The fourth-order valence-corrected chi connectivity index (χ4v) is 3.84. The molecule has 0 amide bonds. The maximum atomic E-state index is 5.73. The Morgan fingerprint density at radius 2 is 1.76 bits per heavy atom. The van der Waals surface area contributed by atoms with Crippen molar-refractivity contribution in [2.24, 2.45) is 5.92 Å². The zero-order valence-corrected chi connectivity index (χ0v) is 12.6. The van der Waals surface area contributed by atoms with Crippen molar-refractivity contribution >= 4 is 31.9 Å². The van der Waals surface area contributed by atoms with Crippen molar-refractivity contribution in [1.82, 2.24) is 0 Å². The normalized spacial score (nSPS) is 20.8. The predicted octanol–water partition coefficient (Wildman–Crippen LogP) is 4.46. The van der Waals surface area contributed by atoms with Gasteiger partial charge in [0.1, 0.15) is 0 Å². The second kappa shape index (κ2) is 4.81. The number of halogens is 2. The Hall–Kier alpha value is -0.220. The fraction of sp³-hybridized carbons (Fsp3) is 0.538. The predicted molar refractivity (Wildman–Crippen MR) is 74.1 cm³/mol. The summed E-state index contributed by atoms with van der Waals surface area (Å²) in [5.41, 5.74) is 1.27. The highest BCUT2D eigenvalue weighted by Gasteiger charge is 2.32. The van der Waals surface area contributed by atoms with Gasteiger partial charge in [-0.05, 0) is 36.5 Å². The number of rotatable bonds is 2. The van der Waals surface area contributed by atoms with E-state index in [1.165, 1.54) is 18.4 Å². The van der Waals surface area contributed by atoms with E-state index in [9.17, 15) is 0 Å². The summed E-state index contributed by atoms with van der Waals surface area (Å²) in [5, 5.41) is 0. The first-order valence-corrected chi connectivity index (χ1v) is 7.69. The van der Waals surface area contributed by atoms with E-state index < -0.39 is 0 Å². The average molecular weight is 362 g/mol. The van der Waals surface area contributed by atoms with E-state index in [2.05, 4.69) is 37.9 Å². The molecule has 92 valence electrons. The molecule has 17 heavy (non-hydrogen) atoms. The van der Waals surface area contributed by atoms with Crippen LogP contribution >= 0.6 is 31.9 Å². The van der Waals surface area contributed by atoms with E-state index in [1.807, 2.05) is 6.07 Å². The van der Waals surface area contributed by atoms with Gasteiger partial charge >= 0.3 is 0 Å². The molecular weight excluding hydrogens is 348 g/mol. The van der Waals surface area contributed by atoms with E-state index in [1.54, 1.807) is 0 Å². The number of hydrogen-bond acceptors (Lipinski definition) is 2. The van der Waals surface area contributed by atoms with Gasteiger partial charge in [0.05, 0.1) is 13.2 Å². The van der Waals surface area contributed by atoms with Crippen LogP contribution < -0.4 is 9.47 Å². The first kappa shape index (κ1) is 11.8. The minimum Gasteiger partial charge on any atom is -0.490 e. The SMILES string of the molecule is Brc1cc2c(cc1C(Br)C1CC1)OCCCO2. The highest BCUT2D eigenvalue weighted by Crippen LogP contribution is 2.50. The quantitative estimate of drug-likeness (QED) is 0.724. The van der Waals surface area contributed by atoms with Gasteiger partial charge < -0.3 is 9.47 Å². The Balaban J connectivity index is 1.96. The lowest BCUT2D eigenvalue weighted by Gasteiger charge is -2.15. The van der Waals surface area contributed by atoms with Crippen LogP contribution in [0.4, 0.5) is 0 Å². The summed E-state index contributed by atoms with van der Waals surface area (Å²) in [6.45, 7) is 1.48. The van der Waals surface area contributed by atoms with Gasteiger partial charge in [-0.3, -0.25) is 0 Å². The highest BCUT2D eigenvalue weighted by atomic mass is 79.9. The minimum absolute atomic E-state index is 0.425. The lowest BCUT2D eigenvalue weighted by Crippen LogP contribution is -1.98. The second-order valence-corrected chi connectivity index (χ2v) is 6.45. The topological polar surface area (TPSA) is 18.5 Å². The Morgan fingerprint density at radius 1 is 1.12 bits per heavy atom. The molecule has 0 saturated heterocycles. The summed E-state index contributed by atoms with van der Waals surface area (Å²) in [7, 11) is 0. The van der Waals surface area contributed by atoms with Crippen molar-refractivity contribution in [2.75, 3.05) is 13.2 Å². The van der Waals surface area contributed by atoms with Gasteiger partial charge in [-0.1, -0.05) is 31.9 Å². The molecule has 1 aromatic rings. The van der Waals surface area contributed by atoms with Crippen molar-refractivity contribution in [3.8, 4) is 11.5 Å². The van der Waals surface area contributed by atoms with E-state index >= 15 is 0 Å². The number of benzene rings is 1. The van der Waals surface area contributed by atoms with Gasteiger partial charge in [0, 0.05) is 15.7 Å². The van der Waals surface area contributed by atoms with E-state index in [0.29, 0.717) is 4.83 Å². The van der Waals surface area contributed by atoms with Gasteiger partial charge in [-0.25, -0.2) is 0 Å². The number of hydrogen-bond donors (Lipinski definition) is 0. The fourth-order valence-electron chi connectivity index (χ4n) is 2.05. The summed E-state index contributed by atoms with van der Waals surface area (Å²) in [6.07, 6.45) is 3.58. The maximum Gasteiger partial charge on any atom is 0.162 e. The molecule has 1 unspecified atom stereocenters. The van der Waals surface area contributed by atoms with Gasteiger partial charge in [-0.15, -0.1) is 0 Å². The molecule has 2 nitrogen and oxygen atoms in total. The third-order valence-electron chi connectivity index (χ3n) is 3.20. The molecule has 1 fully saturated rings. The highest BCUT2D eigenvalue weighted by molar-refractivity contribution is 9.11. The molecule has 0 N–H and O–H groups in total. The van der Waals surface area contributed by atoms with Crippen LogP contribution in [0.25, 0.3) is 0 Å². The van der Waals surface area contributed by atoms with Crippen LogP contribution in [0, 0.1) is 5.92 Å². The van der Waals surface area contributed by atoms with Gasteiger partial charge in [0.25, 0.3) is 0 Å². The van der Waals surface area contributed by atoms with Crippen LogP contribution in [-0.2, 0) is 0 Å². The van der Waals surface area contributed by atoms with Crippen LogP contribution in [0.2, 0.25) is 0 Å². The smallest absolute Gasteiger partial charge is 0.162 e. The third-order valence-corrected chi connectivity index (χ3v) is 5.13. The summed E-state index contributed by atoms with van der Waals surface area (Å²) in [5.74, 6) is 2.51. The monoisotopic (exact) mass is 360 g/mol. The van der Waals surface area contributed by atoms with Crippen molar-refractivity contribution in [2.45, 2.75) is 24.1 Å². The van der Waals surface area contributed by atoms with Crippen LogP contribution in [-0.4, -0.2) is 13.2 Å². The molecular formula is C13H14Br2O2. The van der Waals surface area contributed by atoms with Crippen molar-refractivity contribution in [1.29, 1.82) is 0 Å². The largest absolute Gasteiger partial charge is 0.490 e. The Morgan fingerprint density at radius 3 is 2.41 bits per heavy atom. The Kier molecular flexibility index (Phi) is 3.35. The standard InChI is InChI=1S/C13H14Br2O2/c14-10-7-12-11(16-4-1-5-17-12)6-9(10)13(15)8-2-3-8/h6-8,13H,1-5H2. The second-order valence-electron chi connectivity index (χ2n) is 4.61. The van der Waals surface area contributed by atoms with Gasteiger partial charge in [-0.2, -0.15) is 0 Å². The molecule has 0 radical (unpaired) electrons. The number of fused-ring (bicyclic) bond motifs is 1. The summed E-state index contributed by atoms with van der Waals surface area (Å²) < 4.78 is 12.5. The molecule has 4 heteroatoms. The van der Waals surface area contributed by atoms with E-state index in [-0.39, 0.29) is 0 Å². The van der Waals surface area contributed by atoms with Gasteiger partial charge in [0.15, 0.2) is 11.5 Å². The Labute approximate surface area is 118 Å². The molecule has 1 heterocycles. The molecule has 1 saturated carbocycles. The summed E-state index contributed by atoms with van der Waals surface area (Å²) >= 11 is 7.42. The summed E-state index contributed by atoms with van der Waals surface area (Å²) in [6, 6.07) is 4.15. The van der Waals surface area contributed by atoms with E-state index in [4.69, 9.17) is 9.47 Å². The van der Waals surface area contributed by atoms with Crippen LogP contribution in [0.3, 0.4) is 0 Å². The van der Waals surface area contributed by atoms with Crippen LogP contribution in [0.5, 0.6) is 11.5 Å². The third kappa shape index (κ3) is 2.48. The minimum atomic E-state index is 0.425. The van der Waals surface area contributed by atoms with Crippen molar-refractivity contribution < 1.29 is 9.47 Å². The maximum absolute atomic E-state index is 5.73. The molecule has 1 aliphatic carbocycles. The average Bonchev–Trinajstić information content (AvgIpc) is 3.14. The molecule has 1 atom stereocenters. The Bertz CT molecular complexity index is 430. The first-order chi connectivity index (χ1) is 8.25. The van der Waals surface area contributed by atoms with Crippen molar-refractivity contribution in [3.05, 3.63) is 22.2 Å². The van der Waals surface area contributed by atoms with Gasteiger partial charge in [0.2, 0.25) is 0 Å². The van der Waals surface area contributed by atoms with E-state index in [0.717, 1.165) is 41.5 Å². The molecule has 0 aromatic heterocycles. The van der Waals surface area contributed by atoms with Crippen LogP contribution in [0.1, 0.15) is 29.7 Å². The zero-order valence-electron chi connectivity index (χ0n) is 9.42. The van der Waals surface area contributed by atoms with Crippen molar-refractivity contribution in [3.63, 3.8) is 0 Å². The molecule has 0 bridgehead atoms. The number of ether oxygens (including phenoxy) is 2. The molecule has 1 aliphatic heterocycles. The molecule has 1 aromatic carbocycles. The number of alkyl halides is 1. The lowest BCUT2D eigenvalue weighted by molar-refractivity contribution is 0.297.